The molecular weight excluding hydrogens is 182 g/mol. The van der Waals surface area contributed by atoms with Crippen molar-refractivity contribution in [3.05, 3.63) is 38.0 Å². The fraction of sp³-hybridized carbons (Fsp3) is 0.455. The molecule has 0 heterocycles. The van der Waals surface area contributed by atoms with Gasteiger partial charge in [0.25, 0.3) is 0 Å². The second-order valence-electron chi connectivity index (χ2n) is 3.29. The maximum absolute atomic E-state index is 3.68. The van der Waals surface area contributed by atoms with Crippen LogP contribution in [0.25, 0.3) is 0 Å². The van der Waals surface area contributed by atoms with Gasteiger partial charge >= 0.3 is 0 Å². The van der Waals surface area contributed by atoms with Crippen LogP contribution in [0.15, 0.2) is 38.0 Å². The third-order valence-corrected chi connectivity index (χ3v) is 1.25. The highest BCUT2D eigenvalue weighted by molar-refractivity contribution is 4.69. The normalized spacial score (nSPS) is 8.54. The molecule has 0 saturated carbocycles. The standard InChI is InChI=1S/C8H16N.C3H6.ClH/c1-5-7-9(3,4)8-6-2;1-3-2;/h5-6H,1-2,7-8H2,3-4H3;3H,1H2,2H3;1H/q+1;;/p-1. The molecule has 0 aliphatic carbocycles. The largest absolute Gasteiger partial charge is 1.00 e. The summed E-state index contributed by atoms with van der Waals surface area (Å²) in [5, 5.41) is 0. The first-order chi connectivity index (χ1) is 5.54. The van der Waals surface area contributed by atoms with Gasteiger partial charge in [0.15, 0.2) is 0 Å². The van der Waals surface area contributed by atoms with Gasteiger partial charge < -0.3 is 16.9 Å². The lowest BCUT2D eigenvalue weighted by atomic mass is 10.4. The van der Waals surface area contributed by atoms with E-state index in [2.05, 4.69) is 33.8 Å². The van der Waals surface area contributed by atoms with Crippen LogP contribution in [-0.4, -0.2) is 31.7 Å². The second kappa shape index (κ2) is 11.5. The SMILES string of the molecule is C=CC.C=CC[N+](C)(C)CC=C.[Cl-]. The van der Waals surface area contributed by atoms with Crippen molar-refractivity contribution >= 4 is 0 Å². The van der Waals surface area contributed by atoms with E-state index >= 15 is 0 Å². The summed E-state index contributed by atoms with van der Waals surface area (Å²) in [6, 6.07) is 0. The highest BCUT2D eigenvalue weighted by atomic mass is 35.5. The molecule has 0 fully saturated rings. The maximum atomic E-state index is 3.68. The molecule has 0 aliphatic heterocycles. The molecule has 0 rings (SSSR count). The van der Waals surface area contributed by atoms with Crippen molar-refractivity contribution in [1.82, 2.24) is 0 Å². The van der Waals surface area contributed by atoms with E-state index in [1.54, 1.807) is 6.08 Å². The van der Waals surface area contributed by atoms with Gasteiger partial charge in [0.1, 0.15) is 0 Å². The second-order valence-corrected chi connectivity index (χ2v) is 3.29. The number of halogens is 1. The van der Waals surface area contributed by atoms with Gasteiger partial charge in [-0.2, -0.15) is 0 Å². The van der Waals surface area contributed by atoms with E-state index in [0.29, 0.717) is 0 Å². The summed E-state index contributed by atoms with van der Waals surface area (Å²) >= 11 is 0. The minimum absolute atomic E-state index is 0. The molecule has 0 aliphatic rings. The molecule has 13 heavy (non-hydrogen) atoms. The van der Waals surface area contributed by atoms with Crippen LogP contribution in [0.1, 0.15) is 6.92 Å². The summed E-state index contributed by atoms with van der Waals surface area (Å²) in [4.78, 5) is 0. The van der Waals surface area contributed by atoms with Crippen molar-refractivity contribution in [1.29, 1.82) is 0 Å². The molecule has 0 amide bonds. The van der Waals surface area contributed by atoms with E-state index in [-0.39, 0.29) is 12.4 Å². The van der Waals surface area contributed by atoms with E-state index in [4.69, 9.17) is 0 Å². The first-order valence-corrected chi connectivity index (χ1v) is 4.15. The van der Waals surface area contributed by atoms with Crippen molar-refractivity contribution in [2.75, 3.05) is 27.2 Å². The molecule has 0 aromatic carbocycles. The smallest absolute Gasteiger partial charge is 0.0969 e. The van der Waals surface area contributed by atoms with Crippen LogP contribution in [0.5, 0.6) is 0 Å². The lowest BCUT2D eigenvalue weighted by molar-refractivity contribution is -0.878. The minimum atomic E-state index is 0. The molecule has 0 atom stereocenters. The van der Waals surface area contributed by atoms with Crippen LogP contribution in [-0.2, 0) is 0 Å². The molecule has 0 saturated heterocycles. The summed E-state index contributed by atoms with van der Waals surface area (Å²) in [6.07, 6.45) is 5.62. The zero-order chi connectivity index (χ0) is 10.0. The zero-order valence-corrected chi connectivity index (χ0v) is 9.85. The molecule has 0 bridgehead atoms. The Kier molecular flexibility index (Phi) is 16.1. The predicted octanol–water partition coefficient (Wildman–Crippen LogP) is -0.369. The first kappa shape index (κ1) is 18.3. The van der Waals surface area contributed by atoms with Gasteiger partial charge in [-0.05, 0) is 19.1 Å². The molecular formula is C11H22ClN. The molecule has 0 radical (unpaired) electrons. The van der Waals surface area contributed by atoms with Crippen molar-refractivity contribution in [2.45, 2.75) is 6.92 Å². The van der Waals surface area contributed by atoms with Crippen LogP contribution in [0.2, 0.25) is 0 Å². The monoisotopic (exact) mass is 203 g/mol. The fourth-order valence-electron chi connectivity index (χ4n) is 0.774. The van der Waals surface area contributed by atoms with Gasteiger partial charge in [0.2, 0.25) is 0 Å². The quantitative estimate of drug-likeness (QED) is 0.432. The number of nitrogens with zero attached hydrogens (tertiary/aromatic N) is 1. The van der Waals surface area contributed by atoms with Crippen LogP contribution in [0.4, 0.5) is 0 Å². The fourth-order valence-corrected chi connectivity index (χ4v) is 0.774. The van der Waals surface area contributed by atoms with Gasteiger partial charge in [-0.1, -0.05) is 19.2 Å². The Labute approximate surface area is 89.4 Å². The van der Waals surface area contributed by atoms with E-state index < -0.39 is 0 Å². The van der Waals surface area contributed by atoms with Crippen LogP contribution < -0.4 is 12.4 Å². The summed E-state index contributed by atoms with van der Waals surface area (Å²) in [6.45, 7) is 14.6. The number of hydrogen-bond acceptors (Lipinski definition) is 0. The third-order valence-electron chi connectivity index (χ3n) is 1.25. The van der Waals surface area contributed by atoms with Gasteiger partial charge in [0.05, 0.1) is 27.2 Å². The Bertz CT molecular complexity index is 127. The van der Waals surface area contributed by atoms with E-state index in [9.17, 15) is 0 Å². The molecule has 1 nitrogen and oxygen atoms in total. The Balaban J connectivity index is -0.000000220. The topological polar surface area (TPSA) is 0 Å². The number of quaternary nitrogens is 1. The molecule has 0 spiro atoms. The average Bonchev–Trinajstić information content (AvgIpc) is 1.88. The minimum Gasteiger partial charge on any atom is -1.00 e. The van der Waals surface area contributed by atoms with Gasteiger partial charge in [-0.3, -0.25) is 0 Å². The maximum Gasteiger partial charge on any atom is 0.0969 e. The average molecular weight is 204 g/mol. The van der Waals surface area contributed by atoms with E-state index in [1.165, 1.54) is 0 Å². The van der Waals surface area contributed by atoms with Crippen molar-refractivity contribution in [3.8, 4) is 0 Å². The van der Waals surface area contributed by atoms with E-state index in [1.807, 2.05) is 19.1 Å². The Morgan fingerprint density at radius 2 is 1.23 bits per heavy atom. The van der Waals surface area contributed by atoms with E-state index in [0.717, 1.165) is 17.6 Å². The molecule has 0 aromatic rings. The van der Waals surface area contributed by atoms with Crippen LogP contribution >= 0.6 is 0 Å². The van der Waals surface area contributed by atoms with Crippen LogP contribution in [0, 0.1) is 0 Å². The van der Waals surface area contributed by atoms with Crippen molar-refractivity contribution in [2.24, 2.45) is 0 Å². The number of hydrogen-bond donors (Lipinski definition) is 0. The van der Waals surface area contributed by atoms with Gasteiger partial charge in [-0.15, -0.1) is 6.58 Å². The Morgan fingerprint density at radius 3 is 1.38 bits per heavy atom. The zero-order valence-electron chi connectivity index (χ0n) is 9.09. The van der Waals surface area contributed by atoms with Crippen LogP contribution in [0.3, 0.4) is 0 Å². The van der Waals surface area contributed by atoms with Crippen molar-refractivity contribution < 1.29 is 16.9 Å². The molecule has 0 N–H and O–H groups in total. The summed E-state index contributed by atoms with van der Waals surface area (Å²) in [5.74, 6) is 0. The molecule has 0 unspecified atom stereocenters. The number of rotatable bonds is 4. The number of likely N-dealkylation sites (N-methyl/N-ethyl adjacent to an activating group) is 1. The highest BCUT2D eigenvalue weighted by Crippen LogP contribution is 1.95. The lowest BCUT2D eigenvalue weighted by Gasteiger charge is -2.26. The summed E-state index contributed by atoms with van der Waals surface area (Å²) in [5.41, 5.74) is 0. The molecule has 2 heteroatoms. The highest BCUT2D eigenvalue weighted by Gasteiger charge is 2.07. The van der Waals surface area contributed by atoms with Crippen molar-refractivity contribution in [3.63, 3.8) is 0 Å². The van der Waals surface area contributed by atoms with Gasteiger partial charge in [0, 0.05) is 0 Å². The van der Waals surface area contributed by atoms with Gasteiger partial charge in [-0.25, -0.2) is 0 Å². The number of allylic oxidation sites excluding steroid dienone is 1. The molecule has 0 aromatic heterocycles. The molecule has 78 valence electrons. The first-order valence-electron chi connectivity index (χ1n) is 4.15. The summed E-state index contributed by atoms with van der Waals surface area (Å²) in [7, 11) is 4.31. The Morgan fingerprint density at radius 1 is 1.00 bits per heavy atom. The third kappa shape index (κ3) is 18.4. The lowest BCUT2D eigenvalue weighted by Crippen LogP contribution is -3.00. The predicted molar refractivity (Wildman–Crippen MR) is 58.1 cm³/mol. The Hall–Kier alpha value is -0.530. The summed E-state index contributed by atoms with van der Waals surface area (Å²) < 4.78 is 0.951.